The van der Waals surface area contributed by atoms with Crippen LogP contribution in [-0.4, -0.2) is 48.2 Å². The minimum atomic E-state index is -0.822. The Bertz CT molecular complexity index is 586. The number of rotatable bonds is 3. The highest BCUT2D eigenvalue weighted by molar-refractivity contribution is 5.80. The van der Waals surface area contributed by atoms with Crippen molar-refractivity contribution in [3.63, 3.8) is 0 Å². The van der Waals surface area contributed by atoms with Crippen molar-refractivity contribution in [2.45, 2.75) is 19.3 Å². The third kappa shape index (κ3) is 3.16. The third-order valence-electron chi connectivity index (χ3n) is 4.09. The molecule has 6 nitrogen and oxygen atoms in total. The van der Waals surface area contributed by atoms with Crippen LogP contribution in [0.15, 0.2) is 18.2 Å². The highest BCUT2D eigenvalue weighted by atomic mass is 16.6. The van der Waals surface area contributed by atoms with Gasteiger partial charge in [-0.25, -0.2) is 0 Å². The van der Waals surface area contributed by atoms with Crippen molar-refractivity contribution in [3.05, 3.63) is 23.8 Å². The number of carboxylic acids is 1. The predicted octanol–water partition coefficient (Wildman–Crippen LogP) is 1.32. The average molecular weight is 305 g/mol. The fourth-order valence-electron chi connectivity index (χ4n) is 2.89. The summed E-state index contributed by atoms with van der Waals surface area (Å²) in [6.07, 6.45) is 1.63. The first-order valence-electron chi connectivity index (χ1n) is 7.52. The molecule has 22 heavy (non-hydrogen) atoms. The van der Waals surface area contributed by atoms with E-state index in [0.717, 1.165) is 12.0 Å². The van der Waals surface area contributed by atoms with Crippen molar-refractivity contribution in [1.82, 2.24) is 4.90 Å². The molecule has 2 aliphatic heterocycles. The second-order valence-electron chi connectivity index (χ2n) is 5.67. The molecule has 2 heterocycles. The molecule has 1 saturated heterocycles. The lowest BCUT2D eigenvalue weighted by molar-refractivity contribution is -0.145. The maximum absolute atomic E-state index is 12.4. The number of fused-ring (bicyclic) bond motifs is 1. The van der Waals surface area contributed by atoms with E-state index in [1.807, 2.05) is 18.2 Å². The minimum absolute atomic E-state index is 0.0392. The SMILES string of the molecule is O=C(O)[C@H]1CCCN(C(=O)Cc2ccc3c(c2)OCCO3)C1. The molecule has 1 atom stereocenters. The van der Waals surface area contributed by atoms with E-state index in [-0.39, 0.29) is 12.3 Å². The number of hydrogen-bond acceptors (Lipinski definition) is 4. The van der Waals surface area contributed by atoms with Gasteiger partial charge in [0.1, 0.15) is 13.2 Å². The molecule has 0 aliphatic carbocycles. The molecule has 0 aromatic heterocycles. The van der Waals surface area contributed by atoms with Crippen LogP contribution >= 0.6 is 0 Å². The van der Waals surface area contributed by atoms with Gasteiger partial charge in [0, 0.05) is 13.1 Å². The lowest BCUT2D eigenvalue weighted by Gasteiger charge is -2.31. The first kappa shape index (κ1) is 14.7. The predicted molar refractivity (Wildman–Crippen MR) is 78.1 cm³/mol. The molecule has 0 bridgehead atoms. The van der Waals surface area contributed by atoms with Crippen molar-refractivity contribution in [1.29, 1.82) is 0 Å². The number of carbonyl (C=O) groups is 2. The van der Waals surface area contributed by atoms with Crippen LogP contribution < -0.4 is 9.47 Å². The largest absolute Gasteiger partial charge is 0.486 e. The Labute approximate surface area is 128 Å². The molecular weight excluding hydrogens is 286 g/mol. The van der Waals surface area contributed by atoms with Crippen LogP contribution in [0.5, 0.6) is 11.5 Å². The third-order valence-corrected chi connectivity index (χ3v) is 4.09. The van der Waals surface area contributed by atoms with E-state index >= 15 is 0 Å². The molecule has 2 aliphatic rings. The molecule has 0 saturated carbocycles. The average Bonchev–Trinajstić information content (AvgIpc) is 2.55. The van der Waals surface area contributed by atoms with Crippen LogP contribution in [-0.2, 0) is 16.0 Å². The van der Waals surface area contributed by atoms with Crippen molar-refractivity contribution in [2.24, 2.45) is 5.92 Å². The number of piperidine rings is 1. The normalized spacial score (nSPS) is 20.5. The quantitative estimate of drug-likeness (QED) is 0.911. The number of likely N-dealkylation sites (tertiary alicyclic amines) is 1. The summed E-state index contributed by atoms with van der Waals surface area (Å²) in [5.41, 5.74) is 0.853. The van der Waals surface area contributed by atoms with Crippen LogP contribution in [0.1, 0.15) is 18.4 Å². The standard InChI is InChI=1S/C16H19NO5/c18-15(17-5-1-2-12(10-17)16(19)20)9-11-3-4-13-14(8-11)22-7-6-21-13/h3-4,8,12H,1-2,5-7,9-10H2,(H,19,20)/t12-/m0/s1. The van der Waals surface area contributed by atoms with Gasteiger partial charge in [0.15, 0.2) is 11.5 Å². The van der Waals surface area contributed by atoms with E-state index in [1.54, 1.807) is 4.90 Å². The summed E-state index contributed by atoms with van der Waals surface area (Å²) in [5.74, 6) is 0.0578. The van der Waals surface area contributed by atoms with Gasteiger partial charge < -0.3 is 19.5 Å². The minimum Gasteiger partial charge on any atom is -0.486 e. The topological polar surface area (TPSA) is 76.1 Å². The lowest BCUT2D eigenvalue weighted by Crippen LogP contribution is -2.43. The molecule has 6 heteroatoms. The number of ether oxygens (including phenoxy) is 2. The number of carbonyl (C=O) groups excluding carboxylic acids is 1. The van der Waals surface area contributed by atoms with Crippen molar-refractivity contribution in [2.75, 3.05) is 26.3 Å². The van der Waals surface area contributed by atoms with E-state index in [2.05, 4.69) is 0 Å². The van der Waals surface area contributed by atoms with Gasteiger partial charge in [-0.1, -0.05) is 6.07 Å². The summed E-state index contributed by atoms with van der Waals surface area (Å²) < 4.78 is 11.0. The molecule has 1 N–H and O–H groups in total. The Morgan fingerprint density at radius 1 is 1.23 bits per heavy atom. The molecule has 1 aromatic carbocycles. The van der Waals surface area contributed by atoms with Gasteiger partial charge in [-0.3, -0.25) is 9.59 Å². The summed E-state index contributed by atoms with van der Waals surface area (Å²) in [6, 6.07) is 5.49. The smallest absolute Gasteiger partial charge is 0.308 e. The van der Waals surface area contributed by atoms with E-state index in [1.165, 1.54) is 0 Å². The van der Waals surface area contributed by atoms with Crippen LogP contribution in [0, 0.1) is 5.92 Å². The highest BCUT2D eigenvalue weighted by Crippen LogP contribution is 2.31. The first-order chi connectivity index (χ1) is 10.6. The van der Waals surface area contributed by atoms with Crippen molar-refractivity contribution >= 4 is 11.9 Å². The molecule has 1 amide bonds. The van der Waals surface area contributed by atoms with Gasteiger partial charge in [-0.05, 0) is 30.5 Å². The summed E-state index contributed by atoms with van der Waals surface area (Å²) in [5, 5.41) is 9.09. The molecule has 0 spiro atoms. The van der Waals surface area contributed by atoms with Gasteiger partial charge in [0.05, 0.1) is 12.3 Å². The fraction of sp³-hybridized carbons (Fsp3) is 0.500. The molecule has 3 rings (SSSR count). The summed E-state index contributed by atoms with van der Waals surface area (Å²) >= 11 is 0. The zero-order valence-corrected chi connectivity index (χ0v) is 12.3. The van der Waals surface area contributed by atoms with Crippen LogP contribution in [0.25, 0.3) is 0 Å². The number of carboxylic acid groups (broad SMARTS) is 1. The van der Waals surface area contributed by atoms with Gasteiger partial charge in [-0.2, -0.15) is 0 Å². The van der Waals surface area contributed by atoms with Gasteiger partial charge >= 0.3 is 5.97 Å². The van der Waals surface area contributed by atoms with E-state index in [4.69, 9.17) is 14.6 Å². The molecule has 1 aromatic rings. The zero-order valence-electron chi connectivity index (χ0n) is 12.3. The maximum Gasteiger partial charge on any atom is 0.308 e. The second kappa shape index (κ2) is 6.25. The zero-order chi connectivity index (χ0) is 15.5. The number of hydrogen-bond donors (Lipinski definition) is 1. The highest BCUT2D eigenvalue weighted by Gasteiger charge is 2.28. The number of amides is 1. The Morgan fingerprint density at radius 2 is 2.00 bits per heavy atom. The Kier molecular flexibility index (Phi) is 4.18. The van der Waals surface area contributed by atoms with Crippen LogP contribution in [0.2, 0.25) is 0 Å². The fourth-order valence-corrected chi connectivity index (χ4v) is 2.89. The Morgan fingerprint density at radius 3 is 2.77 bits per heavy atom. The van der Waals surface area contributed by atoms with Crippen molar-refractivity contribution < 1.29 is 24.2 Å². The van der Waals surface area contributed by atoms with E-state index < -0.39 is 11.9 Å². The van der Waals surface area contributed by atoms with Gasteiger partial charge in [0.25, 0.3) is 0 Å². The van der Waals surface area contributed by atoms with Gasteiger partial charge in [-0.15, -0.1) is 0 Å². The number of benzene rings is 1. The summed E-state index contributed by atoms with van der Waals surface area (Å²) in [7, 11) is 0. The van der Waals surface area contributed by atoms with Crippen molar-refractivity contribution in [3.8, 4) is 11.5 Å². The summed E-state index contributed by atoms with van der Waals surface area (Å²) in [4.78, 5) is 25.1. The van der Waals surface area contributed by atoms with Crippen LogP contribution in [0.4, 0.5) is 0 Å². The van der Waals surface area contributed by atoms with Gasteiger partial charge in [0.2, 0.25) is 5.91 Å². The first-order valence-corrected chi connectivity index (χ1v) is 7.52. The summed E-state index contributed by atoms with van der Waals surface area (Å²) in [6.45, 7) is 1.98. The van der Waals surface area contributed by atoms with E-state index in [9.17, 15) is 9.59 Å². The maximum atomic E-state index is 12.4. The molecule has 0 unspecified atom stereocenters. The lowest BCUT2D eigenvalue weighted by atomic mass is 9.97. The van der Waals surface area contributed by atoms with Crippen LogP contribution in [0.3, 0.4) is 0 Å². The molecule has 1 fully saturated rings. The van der Waals surface area contributed by atoms with E-state index in [0.29, 0.717) is 44.2 Å². The molecule has 118 valence electrons. The number of nitrogens with zero attached hydrogens (tertiary/aromatic N) is 1. The Balaban J connectivity index is 1.65. The Hall–Kier alpha value is -2.24. The molecular formula is C16H19NO5. The number of aliphatic carboxylic acids is 1. The monoisotopic (exact) mass is 305 g/mol. The second-order valence-corrected chi connectivity index (χ2v) is 5.67. The molecule has 0 radical (unpaired) electrons.